The van der Waals surface area contributed by atoms with Gasteiger partial charge in [-0.25, -0.2) is 0 Å². The topological polar surface area (TPSA) is 74.2 Å². The number of rotatable bonds is 5. The van der Waals surface area contributed by atoms with Crippen LogP contribution in [0.5, 0.6) is 5.75 Å². The van der Waals surface area contributed by atoms with Crippen molar-refractivity contribution >= 4 is 0 Å². The van der Waals surface area contributed by atoms with Crippen LogP contribution in [0.3, 0.4) is 0 Å². The summed E-state index contributed by atoms with van der Waals surface area (Å²) in [6.07, 6.45) is 0.707. The first kappa shape index (κ1) is 13.5. The minimum Gasteiger partial charge on any atom is -0.496 e. The van der Waals surface area contributed by atoms with Crippen molar-refractivity contribution in [1.82, 2.24) is 10.1 Å². The van der Waals surface area contributed by atoms with Gasteiger partial charge in [0.2, 0.25) is 11.7 Å². The third-order valence-electron chi connectivity index (χ3n) is 3.05. The molecule has 19 heavy (non-hydrogen) atoms. The van der Waals surface area contributed by atoms with Crippen molar-refractivity contribution in [3.8, 4) is 17.1 Å². The largest absolute Gasteiger partial charge is 0.496 e. The first-order chi connectivity index (χ1) is 9.13. The number of nitrogens with zero attached hydrogens (tertiary/aromatic N) is 2. The van der Waals surface area contributed by atoms with Gasteiger partial charge in [0.15, 0.2) is 0 Å². The minimum absolute atomic E-state index is 0.339. The van der Waals surface area contributed by atoms with Gasteiger partial charge in [-0.1, -0.05) is 12.1 Å². The van der Waals surface area contributed by atoms with Crippen LogP contribution >= 0.6 is 0 Å². The average Bonchev–Trinajstić information content (AvgIpc) is 2.87. The van der Waals surface area contributed by atoms with Crippen molar-refractivity contribution in [3.63, 3.8) is 0 Å². The molecule has 1 unspecified atom stereocenters. The van der Waals surface area contributed by atoms with Crippen LogP contribution < -0.4 is 10.5 Å². The molecule has 1 atom stereocenters. The molecule has 0 aliphatic carbocycles. The van der Waals surface area contributed by atoms with E-state index < -0.39 is 0 Å². The number of aromatic nitrogens is 2. The third kappa shape index (κ3) is 3.12. The number of nitrogens with two attached hydrogens (primary N) is 1. The Morgan fingerprint density at radius 3 is 2.84 bits per heavy atom. The van der Waals surface area contributed by atoms with E-state index in [9.17, 15) is 0 Å². The van der Waals surface area contributed by atoms with Gasteiger partial charge in [0.1, 0.15) is 5.75 Å². The molecule has 1 heterocycles. The summed E-state index contributed by atoms with van der Waals surface area (Å²) in [5.74, 6) is 2.42. The van der Waals surface area contributed by atoms with Crippen molar-refractivity contribution in [3.05, 3.63) is 29.7 Å². The van der Waals surface area contributed by atoms with E-state index in [-0.39, 0.29) is 0 Å². The molecular weight excluding hydrogens is 242 g/mol. The molecule has 0 fully saturated rings. The van der Waals surface area contributed by atoms with Gasteiger partial charge in [0.25, 0.3) is 0 Å². The molecule has 1 aromatic carbocycles. The van der Waals surface area contributed by atoms with Gasteiger partial charge < -0.3 is 15.0 Å². The highest BCUT2D eigenvalue weighted by Crippen LogP contribution is 2.24. The molecule has 2 aromatic rings. The lowest BCUT2D eigenvalue weighted by Crippen LogP contribution is -2.13. The lowest BCUT2D eigenvalue weighted by molar-refractivity contribution is 0.359. The molecular formula is C14H19N3O2. The standard InChI is InChI=1S/C14H19N3O2/c1-9(8-15)6-13-16-14(17-19-13)11-4-5-12(18-3)10(2)7-11/h4-5,7,9H,6,8,15H2,1-3H3. The highest BCUT2D eigenvalue weighted by molar-refractivity contribution is 5.58. The summed E-state index contributed by atoms with van der Waals surface area (Å²) >= 11 is 0. The Balaban J connectivity index is 2.20. The maximum atomic E-state index is 5.59. The molecule has 0 aliphatic heterocycles. The Hall–Kier alpha value is -1.88. The average molecular weight is 261 g/mol. The first-order valence-corrected chi connectivity index (χ1v) is 6.31. The second-order valence-corrected chi connectivity index (χ2v) is 4.74. The number of methoxy groups -OCH3 is 1. The van der Waals surface area contributed by atoms with E-state index in [1.807, 2.05) is 25.1 Å². The quantitative estimate of drug-likeness (QED) is 0.893. The molecule has 0 aliphatic rings. The van der Waals surface area contributed by atoms with Gasteiger partial charge in [0.05, 0.1) is 7.11 Å². The van der Waals surface area contributed by atoms with Crippen LogP contribution in [-0.4, -0.2) is 23.8 Å². The molecule has 5 heteroatoms. The van der Waals surface area contributed by atoms with Crippen LogP contribution in [0.1, 0.15) is 18.4 Å². The number of aryl methyl sites for hydroxylation is 1. The summed E-state index contributed by atoms with van der Waals surface area (Å²) in [6.45, 7) is 4.65. The van der Waals surface area contributed by atoms with Gasteiger partial charge in [-0.15, -0.1) is 0 Å². The van der Waals surface area contributed by atoms with Crippen molar-refractivity contribution in [2.24, 2.45) is 11.7 Å². The predicted molar refractivity (Wildman–Crippen MR) is 72.9 cm³/mol. The molecule has 0 amide bonds. The van der Waals surface area contributed by atoms with Crippen LogP contribution in [-0.2, 0) is 6.42 Å². The fourth-order valence-corrected chi connectivity index (χ4v) is 1.85. The predicted octanol–water partition coefficient (Wildman–Crippen LogP) is 2.19. The van der Waals surface area contributed by atoms with Crippen LogP contribution in [0.25, 0.3) is 11.4 Å². The highest BCUT2D eigenvalue weighted by Gasteiger charge is 2.12. The molecule has 0 radical (unpaired) electrons. The molecule has 2 rings (SSSR count). The van der Waals surface area contributed by atoms with Crippen LogP contribution in [0.4, 0.5) is 0 Å². The van der Waals surface area contributed by atoms with E-state index in [0.29, 0.717) is 30.6 Å². The van der Waals surface area contributed by atoms with E-state index in [2.05, 4.69) is 17.1 Å². The summed E-state index contributed by atoms with van der Waals surface area (Å²) in [5.41, 5.74) is 7.55. The van der Waals surface area contributed by atoms with E-state index in [4.69, 9.17) is 15.0 Å². The molecule has 0 bridgehead atoms. The third-order valence-corrected chi connectivity index (χ3v) is 3.05. The summed E-state index contributed by atoms with van der Waals surface area (Å²) in [4.78, 5) is 4.39. The van der Waals surface area contributed by atoms with Gasteiger partial charge in [-0.2, -0.15) is 4.98 Å². The maximum absolute atomic E-state index is 5.59. The van der Waals surface area contributed by atoms with Crippen LogP contribution in [0, 0.1) is 12.8 Å². The fourth-order valence-electron chi connectivity index (χ4n) is 1.85. The first-order valence-electron chi connectivity index (χ1n) is 6.31. The smallest absolute Gasteiger partial charge is 0.227 e. The van der Waals surface area contributed by atoms with E-state index in [1.165, 1.54) is 0 Å². The monoisotopic (exact) mass is 261 g/mol. The molecule has 2 N–H and O–H groups in total. The zero-order chi connectivity index (χ0) is 13.8. The summed E-state index contributed by atoms with van der Waals surface area (Å²) < 4.78 is 10.5. The molecule has 5 nitrogen and oxygen atoms in total. The molecule has 1 aromatic heterocycles. The maximum Gasteiger partial charge on any atom is 0.227 e. The fraction of sp³-hybridized carbons (Fsp3) is 0.429. The number of hydrogen-bond donors (Lipinski definition) is 1. The van der Waals surface area contributed by atoms with Crippen LogP contribution in [0.15, 0.2) is 22.7 Å². The Labute approximate surface area is 112 Å². The summed E-state index contributed by atoms with van der Waals surface area (Å²) in [7, 11) is 1.66. The van der Waals surface area contributed by atoms with Crippen molar-refractivity contribution in [1.29, 1.82) is 0 Å². The van der Waals surface area contributed by atoms with Crippen molar-refractivity contribution < 1.29 is 9.26 Å². The van der Waals surface area contributed by atoms with Crippen molar-refractivity contribution in [2.45, 2.75) is 20.3 Å². The normalized spacial score (nSPS) is 12.4. The zero-order valence-electron chi connectivity index (χ0n) is 11.5. The highest BCUT2D eigenvalue weighted by atomic mass is 16.5. The Kier molecular flexibility index (Phi) is 4.16. The van der Waals surface area contributed by atoms with Crippen molar-refractivity contribution in [2.75, 3.05) is 13.7 Å². The lowest BCUT2D eigenvalue weighted by atomic mass is 10.1. The second kappa shape index (κ2) is 5.84. The van der Waals surface area contributed by atoms with Gasteiger partial charge >= 0.3 is 0 Å². The van der Waals surface area contributed by atoms with E-state index in [0.717, 1.165) is 16.9 Å². The molecule has 0 saturated carbocycles. The Bertz CT molecular complexity index is 551. The summed E-state index contributed by atoms with van der Waals surface area (Å²) in [5, 5.41) is 4.00. The molecule has 102 valence electrons. The van der Waals surface area contributed by atoms with Gasteiger partial charge in [-0.05, 0) is 43.1 Å². The van der Waals surface area contributed by atoms with E-state index >= 15 is 0 Å². The minimum atomic E-state index is 0.339. The number of benzene rings is 1. The Morgan fingerprint density at radius 2 is 2.21 bits per heavy atom. The lowest BCUT2D eigenvalue weighted by Gasteiger charge is -2.04. The SMILES string of the molecule is COc1ccc(-c2noc(CC(C)CN)n2)cc1C. The molecule has 0 spiro atoms. The number of hydrogen-bond acceptors (Lipinski definition) is 5. The molecule has 0 saturated heterocycles. The number of ether oxygens (including phenoxy) is 1. The zero-order valence-corrected chi connectivity index (χ0v) is 11.5. The van der Waals surface area contributed by atoms with Gasteiger partial charge in [0, 0.05) is 12.0 Å². The van der Waals surface area contributed by atoms with E-state index in [1.54, 1.807) is 7.11 Å². The second-order valence-electron chi connectivity index (χ2n) is 4.74. The van der Waals surface area contributed by atoms with Crippen LogP contribution in [0.2, 0.25) is 0 Å². The summed E-state index contributed by atoms with van der Waals surface area (Å²) in [6, 6.07) is 5.82. The van der Waals surface area contributed by atoms with Gasteiger partial charge in [-0.3, -0.25) is 0 Å². The Morgan fingerprint density at radius 1 is 1.42 bits per heavy atom.